The van der Waals surface area contributed by atoms with E-state index < -0.39 is 5.97 Å². The monoisotopic (exact) mass is 268 g/mol. The van der Waals surface area contributed by atoms with Gasteiger partial charge < -0.3 is 15.7 Å². The smallest absolute Gasteiger partial charge is 0.315 e. The lowest BCUT2D eigenvalue weighted by Crippen LogP contribution is -2.45. The van der Waals surface area contributed by atoms with Crippen molar-refractivity contribution in [3.05, 3.63) is 0 Å². The molecule has 0 heterocycles. The summed E-state index contributed by atoms with van der Waals surface area (Å²) in [6.07, 6.45) is 6.48. The molecule has 5 heteroatoms. The molecule has 0 aromatic heterocycles. The Kier molecular flexibility index (Phi) is 4.66. The van der Waals surface area contributed by atoms with Gasteiger partial charge >= 0.3 is 12.0 Å². The van der Waals surface area contributed by atoms with Gasteiger partial charge in [0.2, 0.25) is 0 Å². The Hall–Kier alpha value is -1.26. The van der Waals surface area contributed by atoms with Gasteiger partial charge in [-0.15, -0.1) is 0 Å². The van der Waals surface area contributed by atoms with Crippen molar-refractivity contribution in [2.75, 3.05) is 0 Å². The summed E-state index contributed by atoms with van der Waals surface area (Å²) >= 11 is 0. The maximum absolute atomic E-state index is 11.8. The number of carbonyl (C=O) groups excluding carboxylic acids is 1. The Morgan fingerprint density at radius 2 is 2.00 bits per heavy atom. The fraction of sp³-hybridized carbons (Fsp3) is 0.857. The molecule has 3 N–H and O–H groups in total. The van der Waals surface area contributed by atoms with Gasteiger partial charge in [-0.05, 0) is 38.0 Å². The van der Waals surface area contributed by atoms with E-state index in [2.05, 4.69) is 17.6 Å². The average Bonchev–Trinajstić information content (AvgIpc) is 3.07. The molecule has 0 saturated heterocycles. The van der Waals surface area contributed by atoms with Crippen molar-refractivity contribution in [3.8, 4) is 0 Å². The highest BCUT2D eigenvalue weighted by molar-refractivity contribution is 5.75. The Labute approximate surface area is 114 Å². The summed E-state index contributed by atoms with van der Waals surface area (Å²) in [5, 5.41) is 14.9. The molecule has 0 radical (unpaired) electrons. The maximum atomic E-state index is 11.8. The number of aliphatic carboxylic acids is 1. The summed E-state index contributed by atoms with van der Waals surface area (Å²) in [7, 11) is 0. The number of nitrogens with one attached hydrogen (secondary N) is 2. The van der Waals surface area contributed by atoms with Crippen LogP contribution in [0.25, 0.3) is 0 Å². The Morgan fingerprint density at radius 3 is 2.68 bits per heavy atom. The molecular weight excluding hydrogens is 244 g/mol. The largest absolute Gasteiger partial charge is 0.481 e. The van der Waals surface area contributed by atoms with Crippen molar-refractivity contribution in [1.82, 2.24) is 10.6 Å². The molecule has 0 aliphatic heterocycles. The van der Waals surface area contributed by atoms with Crippen LogP contribution in [-0.4, -0.2) is 29.2 Å². The number of rotatable bonds is 5. The number of hydrogen-bond acceptors (Lipinski definition) is 2. The Balaban J connectivity index is 1.69. The summed E-state index contributed by atoms with van der Waals surface area (Å²) in [5.74, 6) is -0.390. The van der Waals surface area contributed by atoms with Crippen molar-refractivity contribution in [3.63, 3.8) is 0 Å². The quantitative estimate of drug-likeness (QED) is 0.714. The fourth-order valence-corrected chi connectivity index (χ4v) is 3.05. The summed E-state index contributed by atoms with van der Waals surface area (Å²) < 4.78 is 0. The second kappa shape index (κ2) is 6.26. The SMILES string of the molecule is CCCC1CC1NC(=O)NC1CCCC(C(=O)O)C1. The second-order valence-electron chi connectivity index (χ2n) is 5.91. The summed E-state index contributed by atoms with van der Waals surface area (Å²) in [5.41, 5.74) is 0. The molecule has 2 aliphatic rings. The average molecular weight is 268 g/mol. The molecule has 2 aliphatic carbocycles. The van der Waals surface area contributed by atoms with Crippen LogP contribution < -0.4 is 10.6 Å². The molecule has 2 amide bonds. The lowest BCUT2D eigenvalue weighted by atomic mass is 9.86. The minimum atomic E-state index is -0.739. The van der Waals surface area contributed by atoms with Gasteiger partial charge in [0.1, 0.15) is 0 Å². The van der Waals surface area contributed by atoms with Gasteiger partial charge in [0.25, 0.3) is 0 Å². The van der Waals surface area contributed by atoms with Gasteiger partial charge in [-0.3, -0.25) is 4.79 Å². The molecule has 0 bridgehead atoms. The molecular formula is C14H24N2O3. The normalized spacial score (nSPS) is 33.5. The lowest BCUT2D eigenvalue weighted by Gasteiger charge is -2.27. The first-order valence-corrected chi connectivity index (χ1v) is 7.40. The van der Waals surface area contributed by atoms with E-state index in [-0.39, 0.29) is 18.0 Å². The number of amides is 2. The zero-order chi connectivity index (χ0) is 13.8. The van der Waals surface area contributed by atoms with Crippen molar-refractivity contribution in [2.45, 2.75) is 64.0 Å². The minimum Gasteiger partial charge on any atom is -0.481 e. The summed E-state index contributed by atoms with van der Waals surface area (Å²) in [6.45, 7) is 2.16. The van der Waals surface area contributed by atoms with Crippen molar-refractivity contribution >= 4 is 12.0 Å². The first-order chi connectivity index (χ1) is 9.10. The number of carbonyl (C=O) groups is 2. The van der Waals surface area contributed by atoms with Crippen molar-refractivity contribution in [1.29, 1.82) is 0 Å². The molecule has 0 aromatic carbocycles. The van der Waals surface area contributed by atoms with Crippen LogP contribution in [0.5, 0.6) is 0 Å². The number of hydrogen-bond donors (Lipinski definition) is 3. The molecule has 4 unspecified atom stereocenters. The van der Waals surface area contributed by atoms with E-state index in [0.717, 1.165) is 32.1 Å². The molecule has 2 fully saturated rings. The summed E-state index contributed by atoms with van der Waals surface area (Å²) in [6, 6.07) is 0.219. The second-order valence-corrected chi connectivity index (χ2v) is 5.91. The molecule has 2 saturated carbocycles. The molecule has 2 rings (SSSR count). The molecule has 0 spiro atoms. The third-order valence-electron chi connectivity index (χ3n) is 4.26. The van der Waals surface area contributed by atoms with E-state index in [1.807, 2.05) is 0 Å². The number of carboxylic acids is 1. The number of carboxylic acid groups (broad SMARTS) is 1. The molecule has 4 atom stereocenters. The minimum absolute atomic E-state index is 0.0122. The van der Waals surface area contributed by atoms with Gasteiger partial charge in [0.05, 0.1) is 5.92 Å². The molecule has 19 heavy (non-hydrogen) atoms. The highest BCUT2D eigenvalue weighted by Crippen LogP contribution is 2.34. The fourth-order valence-electron chi connectivity index (χ4n) is 3.05. The van der Waals surface area contributed by atoms with Crippen LogP contribution in [0.2, 0.25) is 0 Å². The van der Waals surface area contributed by atoms with Gasteiger partial charge in [0, 0.05) is 12.1 Å². The lowest BCUT2D eigenvalue weighted by molar-refractivity contribution is -0.143. The van der Waals surface area contributed by atoms with E-state index in [9.17, 15) is 9.59 Å². The van der Waals surface area contributed by atoms with Crippen LogP contribution in [0.1, 0.15) is 51.9 Å². The van der Waals surface area contributed by atoms with Gasteiger partial charge in [-0.1, -0.05) is 19.8 Å². The summed E-state index contributed by atoms with van der Waals surface area (Å²) in [4.78, 5) is 22.8. The zero-order valence-corrected chi connectivity index (χ0v) is 11.5. The Morgan fingerprint density at radius 1 is 1.21 bits per heavy atom. The molecule has 0 aromatic rings. The zero-order valence-electron chi connectivity index (χ0n) is 11.5. The maximum Gasteiger partial charge on any atom is 0.315 e. The number of urea groups is 1. The predicted molar refractivity (Wildman–Crippen MR) is 71.9 cm³/mol. The topological polar surface area (TPSA) is 78.4 Å². The first kappa shape index (κ1) is 14.2. The van der Waals surface area contributed by atoms with E-state index in [1.54, 1.807) is 0 Å². The van der Waals surface area contributed by atoms with Gasteiger partial charge in [-0.25, -0.2) is 4.79 Å². The first-order valence-electron chi connectivity index (χ1n) is 7.40. The molecule has 5 nitrogen and oxygen atoms in total. The Bertz CT molecular complexity index is 346. The third-order valence-corrected chi connectivity index (χ3v) is 4.26. The highest BCUT2D eigenvalue weighted by Gasteiger charge is 2.37. The van der Waals surface area contributed by atoms with Crippen LogP contribution in [0.4, 0.5) is 4.79 Å². The van der Waals surface area contributed by atoms with Gasteiger partial charge in [-0.2, -0.15) is 0 Å². The van der Waals surface area contributed by atoms with Crippen LogP contribution in [0.3, 0.4) is 0 Å². The van der Waals surface area contributed by atoms with Crippen molar-refractivity contribution < 1.29 is 14.7 Å². The standard InChI is InChI=1S/C14H24N2O3/c1-2-4-9-8-12(9)16-14(19)15-11-6-3-5-10(7-11)13(17)18/h9-12H,2-8H2,1H3,(H,17,18)(H2,15,16,19). The highest BCUT2D eigenvalue weighted by atomic mass is 16.4. The third kappa shape index (κ3) is 4.11. The van der Waals surface area contributed by atoms with E-state index in [1.165, 1.54) is 6.42 Å². The van der Waals surface area contributed by atoms with E-state index in [4.69, 9.17) is 5.11 Å². The van der Waals surface area contributed by atoms with Crippen LogP contribution in [-0.2, 0) is 4.79 Å². The van der Waals surface area contributed by atoms with Crippen molar-refractivity contribution in [2.24, 2.45) is 11.8 Å². The van der Waals surface area contributed by atoms with Gasteiger partial charge in [0.15, 0.2) is 0 Å². The van der Waals surface area contributed by atoms with Crippen LogP contribution in [0, 0.1) is 11.8 Å². The van der Waals surface area contributed by atoms with E-state index >= 15 is 0 Å². The van der Waals surface area contributed by atoms with Crippen LogP contribution >= 0.6 is 0 Å². The van der Waals surface area contributed by atoms with Crippen LogP contribution in [0.15, 0.2) is 0 Å². The molecule has 108 valence electrons. The van der Waals surface area contributed by atoms with E-state index in [0.29, 0.717) is 18.4 Å². The predicted octanol–water partition coefficient (Wildman–Crippen LogP) is 2.12.